The van der Waals surface area contributed by atoms with Gasteiger partial charge in [0.2, 0.25) is 0 Å². The van der Waals surface area contributed by atoms with Gasteiger partial charge in [-0.15, -0.1) is 0 Å². The van der Waals surface area contributed by atoms with E-state index in [0.29, 0.717) is 24.8 Å². The number of benzene rings is 1. The Hall–Kier alpha value is -1.07. The number of rotatable bonds is 6. The number of nitrogens with one attached hydrogen (secondary N) is 1. The van der Waals surface area contributed by atoms with E-state index in [9.17, 15) is 13.2 Å². The lowest BCUT2D eigenvalue weighted by Gasteiger charge is -2.17. The first-order chi connectivity index (χ1) is 9.97. The Balaban J connectivity index is 1.78. The average Bonchev–Trinajstić information content (AvgIpc) is 2.96. The van der Waals surface area contributed by atoms with Crippen LogP contribution in [-0.4, -0.2) is 19.3 Å². The molecule has 21 heavy (non-hydrogen) atoms. The number of ether oxygens (including phenoxy) is 1. The molecule has 1 aliphatic carbocycles. The molecule has 1 saturated carbocycles. The summed E-state index contributed by atoms with van der Waals surface area (Å²) < 4.78 is 43.7. The maximum atomic E-state index is 12.7. The van der Waals surface area contributed by atoms with Gasteiger partial charge in [0.15, 0.2) is 0 Å². The van der Waals surface area contributed by atoms with Gasteiger partial charge in [-0.2, -0.15) is 13.2 Å². The summed E-state index contributed by atoms with van der Waals surface area (Å²) in [5.41, 5.74) is 0.0431. The van der Waals surface area contributed by atoms with E-state index in [0.717, 1.165) is 18.9 Å². The van der Waals surface area contributed by atoms with E-state index >= 15 is 0 Å². The van der Waals surface area contributed by atoms with Crippen LogP contribution >= 0.6 is 0 Å². The molecule has 0 amide bonds. The molecule has 0 aromatic heterocycles. The number of hydrogen-bond donors (Lipinski definition) is 1. The van der Waals surface area contributed by atoms with Crippen molar-refractivity contribution in [2.24, 2.45) is 0 Å². The summed E-state index contributed by atoms with van der Waals surface area (Å²) in [7, 11) is 0. The van der Waals surface area contributed by atoms with Crippen molar-refractivity contribution in [1.29, 1.82) is 0 Å². The lowest BCUT2D eigenvalue weighted by molar-refractivity contribution is -0.137. The molecule has 1 aromatic rings. The average molecular weight is 301 g/mol. The lowest BCUT2D eigenvalue weighted by Crippen LogP contribution is -2.25. The molecule has 0 bridgehead atoms. The first-order valence-corrected chi connectivity index (χ1v) is 7.49. The highest BCUT2D eigenvalue weighted by Gasteiger charge is 2.30. The van der Waals surface area contributed by atoms with Gasteiger partial charge in [0.25, 0.3) is 0 Å². The molecule has 0 saturated heterocycles. The predicted octanol–water partition coefficient (Wildman–Crippen LogP) is 4.32. The van der Waals surface area contributed by atoms with Crippen LogP contribution in [0.15, 0.2) is 24.3 Å². The second kappa shape index (κ2) is 7.27. The quantitative estimate of drug-likeness (QED) is 0.790. The van der Waals surface area contributed by atoms with Crippen LogP contribution in [0.1, 0.15) is 49.8 Å². The Morgan fingerprint density at radius 3 is 2.67 bits per heavy atom. The van der Waals surface area contributed by atoms with Gasteiger partial charge in [-0.05, 0) is 37.5 Å². The topological polar surface area (TPSA) is 21.3 Å². The minimum absolute atomic E-state index is 0.125. The van der Waals surface area contributed by atoms with Crippen LogP contribution in [0.2, 0.25) is 0 Å². The highest BCUT2D eigenvalue weighted by molar-refractivity contribution is 5.27. The maximum Gasteiger partial charge on any atom is 0.416 e. The first kappa shape index (κ1) is 16.3. The molecule has 2 rings (SSSR count). The molecule has 5 heteroatoms. The number of hydrogen-bond acceptors (Lipinski definition) is 2. The molecule has 1 unspecified atom stereocenters. The molecule has 0 heterocycles. The molecule has 1 atom stereocenters. The molecule has 1 N–H and O–H groups in total. The third kappa shape index (κ3) is 5.00. The van der Waals surface area contributed by atoms with E-state index in [2.05, 4.69) is 5.32 Å². The van der Waals surface area contributed by atoms with E-state index in [1.165, 1.54) is 25.0 Å². The highest BCUT2D eigenvalue weighted by atomic mass is 19.4. The van der Waals surface area contributed by atoms with Crippen molar-refractivity contribution in [2.45, 2.75) is 50.9 Å². The van der Waals surface area contributed by atoms with Crippen LogP contribution in [0.5, 0.6) is 0 Å². The van der Waals surface area contributed by atoms with Gasteiger partial charge in [0.05, 0.1) is 18.3 Å². The van der Waals surface area contributed by atoms with E-state index in [1.54, 1.807) is 6.07 Å². The van der Waals surface area contributed by atoms with Crippen LogP contribution < -0.4 is 5.32 Å². The van der Waals surface area contributed by atoms with E-state index in [-0.39, 0.29) is 6.04 Å². The molecule has 0 aliphatic heterocycles. The summed E-state index contributed by atoms with van der Waals surface area (Å²) in [5, 5.41) is 3.21. The van der Waals surface area contributed by atoms with Crippen molar-refractivity contribution in [3.63, 3.8) is 0 Å². The van der Waals surface area contributed by atoms with Crippen molar-refractivity contribution in [2.75, 3.05) is 13.2 Å². The van der Waals surface area contributed by atoms with Crippen molar-refractivity contribution in [3.05, 3.63) is 35.4 Å². The maximum absolute atomic E-state index is 12.7. The normalized spacial score (nSPS) is 18.1. The highest BCUT2D eigenvalue weighted by Crippen LogP contribution is 2.30. The second-order valence-electron chi connectivity index (χ2n) is 5.58. The third-order valence-electron chi connectivity index (χ3n) is 3.92. The van der Waals surface area contributed by atoms with Gasteiger partial charge in [-0.1, -0.05) is 25.0 Å². The SMILES string of the molecule is CC(NCCOC1CCCC1)c1cccc(C(F)(F)F)c1. The number of halogens is 3. The fraction of sp³-hybridized carbons (Fsp3) is 0.625. The molecule has 0 radical (unpaired) electrons. The molecule has 0 spiro atoms. The van der Waals surface area contributed by atoms with Crippen LogP contribution in [0.3, 0.4) is 0 Å². The monoisotopic (exact) mass is 301 g/mol. The fourth-order valence-electron chi connectivity index (χ4n) is 2.66. The zero-order valence-corrected chi connectivity index (χ0v) is 12.2. The third-order valence-corrected chi connectivity index (χ3v) is 3.92. The summed E-state index contributed by atoms with van der Waals surface area (Å²) in [6, 6.07) is 5.34. The summed E-state index contributed by atoms with van der Waals surface area (Å²) in [5.74, 6) is 0. The van der Waals surface area contributed by atoms with Gasteiger partial charge in [0.1, 0.15) is 0 Å². The van der Waals surface area contributed by atoms with Crippen LogP contribution in [-0.2, 0) is 10.9 Å². The van der Waals surface area contributed by atoms with Crippen molar-refractivity contribution in [1.82, 2.24) is 5.32 Å². The van der Waals surface area contributed by atoms with Gasteiger partial charge in [-0.3, -0.25) is 0 Å². The van der Waals surface area contributed by atoms with Crippen molar-refractivity contribution in [3.8, 4) is 0 Å². The molecular weight excluding hydrogens is 279 g/mol. The van der Waals surface area contributed by atoms with Crippen molar-refractivity contribution >= 4 is 0 Å². The van der Waals surface area contributed by atoms with Crippen LogP contribution in [0.4, 0.5) is 13.2 Å². The molecule has 1 aliphatic rings. The van der Waals surface area contributed by atoms with Crippen LogP contribution in [0.25, 0.3) is 0 Å². The van der Waals surface area contributed by atoms with E-state index in [4.69, 9.17) is 4.74 Å². The summed E-state index contributed by atoms with van der Waals surface area (Å²) in [6.07, 6.45) is 0.807. The first-order valence-electron chi connectivity index (χ1n) is 7.49. The van der Waals surface area contributed by atoms with E-state index < -0.39 is 11.7 Å². The fourth-order valence-corrected chi connectivity index (χ4v) is 2.66. The van der Waals surface area contributed by atoms with Crippen LogP contribution in [0, 0.1) is 0 Å². The summed E-state index contributed by atoms with van der Waals surface area (Å²) in [6.45, 7) is 3.12. The van der Waals surface area contributed by atoms with Gasteiger partial charge < -0.3 is 10.1 Å². The standard InChI is InChI=1S/C16H22F3NO/c1-12(20-9-10-21-15-7-2-3-8-15)13-5-4-6-14(11-13)16(17,18)19/h4-6,11-12,15,20H,2-3,7-10H2,1H3. The Bertz CT molecular complexity index is 441. The zero-order chi connectivity index (χ0) is 15.3. The smallest absolute Gasteiger partial charge is 0.377 e. The minimum atomic E-state index is -4.29. The Labute approximate surface area is 123 Å². The Morgan fingerprint density at radius 2 is 2.00 bits per heavy atom. The zero-order valence-electron chi connectivity index (χ0n) is 12.2. The molecule has 1 aromatic carbocycles. The van der Waals surface area contributed by atoms with Gasteiger partial charge in [-0.25, -0.2) is 0 Å². The van der Waals surface area contributed by atoms with Gasteiger partial charge >= 0.3 is 6.18 Å². The Morgan fingerprint density at radius 1 is 1.29 bits per heavy atom. The molecule has 2 nitrogen and oxygen atoms in total. The van der Waals surface area contributed by atoms with Gasteiger partial charge in [0, 0.05) is 12.6 Å². The van der Waals surface area contributed by atoms with Crippen molar-refractivity contribution < 1.29 is 17.9 Å². The largest absolute Gasteiger partial charge is 0.416 e. The molecular formula is C16H22F3NO. The summed E-state index contributed by atoms with van der Waals surface area (Å²) in [4.78, 5) is 0. The van der Waals surface area contributed by atoms with E-state index in [1.807, 2.05) is 6.92 Å². The minimum Gasteiger partial charge on any atom is -0.377 e. The predicted molar refractivity (Wildman–Crippen MR) is 76.1 cm³/mol. The molecule has 118 valence electrons. The molecule has 1 fully saturated rings. The summed E-state index contributed by atoms with van der Waals surface area (Å²) >= 11 is 0. The number of alkyl halides is 3. The lowest BCUT2D eigenvalue weighted by atomic mass is 10.0. The Kier molecular flexibility index (Phi) is 5.65. The second-order valence-corrected chi connectivity index (χ2v) is 5.58.